The van der Waals surface area contributed by atoms with Gasteiger partial charge in [0.1, 0.15) is 6.04 Å². The van der Waals surface area contributed by atoms with Crippen LogP contribution in [-0.4, -0.2) is 40.3 Å². The van der Waals surface area contributed by atoms with E-state index >= 15 is 0 Å². The minimum absolute atomic E-state index is 0.0723. The highest BCUT2D eigenvalue weighted by atomic mass is 16.5. The maximum atomic E-state index is 11.6. The van der Waals surface area contributed by atoms with Gasteiger partial charge in [0, 0.05) is 13.1 Å². The van der Waals surface area contributed by atoms with Gasteiger partial charge in [0.05, 0.1) is 11.7 Å². The number of fused-ring (bicyclic) bond motifs is 1. The molecule has 114 valence electrons. The maximum Gasteiger partial charge on any atom is 0.321 e. The Labute approximate surface area is 125 Å². The van der Waals surface area contributed by atoms with Gasteiger partial charge in [-0.05, 0) is 44.2 Å². The second-order valence-electron chi connectivity index (χ2n) is 6.79. The molecule has 0 aromatic heterocycles. The second-order valence-corrected chi connectivity index (χ2v) is 6.79. The van der Waals surface area contributed by atoms with Crippen LogP contribution in [0.3, 0.4) is 0 Å². The molecule has 0 amide bonds. The highest BCUT2D eigenvalue weighted by Crippen LogP contribution is 2.31. The summed E-state index contributed by atoms with van der Waals surface area (Å²) in [7, 11) is 0. The van der Waals surface area contributed by atoms with Crippen molar-refractivity contribution in [2.24, 2.45) is 0 Å². The number of rotatable bonds is 3. The molecule has 0 radical (unpaired) electrons. The van der Waals surface area contributed by atoms with Crippen LogP contribution < -0.4 is 0 Å². The number of aliphatic carboxylic acids is 1. The van der Waals surface area contributed by atoms with E-state index in [0.717, 1.165) is 18.4 Å². The van der Waals surface area contributed by atoms with E-state index in [-0.39, 0.29) is 11.7 Å². The molecule has 0 spiro atoms. The molecule has 1 aromatic rings. The van der Waals surface area contributed by atoms with Gasteiger partial charge < -0.3 is 9.84 Å². The van der Waals surface area contributed by atoms with E-state index in [4.69, 9.17) is 4.74 Å². The Bertz CT molecular complexity index is 541. The molecule has 4 nitrogen and oxygen atoms in total. The van der Waals surface area contributed by atoms with E-state index in [1.54, 1.807) is 0 Å². The minimum atomic E-state index is -0.734. The van der Waals surface area contributed by atoms with Gasteiger partial charge in [0.15, 0.2) is 0 Å². The summed E-state index contributed by atoms with van der Waals surface area (Å²) in [5, 5.41) is 9.53. The Morgan fingerprint density at radius 1 is 1.38 bits per heavy atom. The molecule has 2 heterocycles. The van der Waals surface area contributed by atoms with Gasteiger partial charge in [0.2, 0.25) is 0 Å². The fraction of sp³-hybridized carbons (Fsp3) is 0.588. The Morgan fingerprint density at radius 2 is 2.10 bits per heavy atom. The van der Waals surface area contributed by atoms with Crippen molar-refractivity contribution in [1.82, 2.24) is 4.90 Å². The lowest BCUT2D eigenvalue weighted by molar-refractivity contribution is -0.145. The van der Waals surface area contributed by atoms with Crippen LogP contribution in [0.4, 0.5) is 0 Å². The van der Waals surface area contributed by atoms with E-state index in [1.165, 1.54) is 5.56 Å². The number of benzene rings is 1. The smallest absolute Gasteiger partial charge is 0.321 e. The largest absolute Gasteiger partial charge is 0.480 e. The van der Waals surface area contributed by atoms with Crippen molar-refractivity contribution in [3.63, 3.8) is 0 Å². The molecule has 1 N–H and O–H groups in total. The van der Waals surface area contributed by atoms with Crippen LogP contribution in [0.1, 0.15) is 37.8 Å². The van der Waals surface area contributed by atoms with Crippen molar-refractivity contribution in [2.45, 2.75) is 57.4 Å². The third kappa shape index (κ3) is 3.11. The summed E-state index contributed by atoms with van der Waals surface area (Å²) < 4.78 is 6.03. The van der Waals surface area contributed by atoms with Gasteiger partial charge in [-0.1, -0.05) is 24.3 Å². The number of hydrogen-bond acceptors (Lipinski definition) is 3. The topological polar surface area (TPSA) is 49.8 Å². The molecule has 2 aliphatic rings. The van der Waals surface area contributed by atoms with Crippen LogP contribution in [0, 0.1) is 0 Å². The first kappa shape index (κ1) is 14.5. The highest BCUT2D eigenvalue weighted by molar-refractivity contribution is 5.74. The molecule has 2 aliphatic heterocycles. The van der Waals surface area contributed by atoms with Crippen molar-refractivity contribution in [3.05, 3.63) is 35.4 Å². The van der Waals surface area contributed by atoms with Crippen molar-refractivity contribution >= 4 is 5.97 Å². The predicted molar refractivity (Wildman–Crippen MR) is 80.2 cm³/mol. The van der Waals surface area contributed by atoms with Crippen LogP contribution >= 0.6 is 0 Å². The van der Waals surface area contributed by atoms with Crippen LogP contribution in [0.15, 0.2) is 24.3 Å². The fourth-order valence-electron chi connectivity index (χ4n) is 3.48. The average Bonchev–Trinajstić information content (AvgIpc) is 2.77. The Hall–Kier alpha value is -1.39. The Morgan fingerprint density at radius 3 is 2.71 bits per heavy atom. The number of carboxylic acids is 1. The number of nitrogens with zero attached hydrogens (tertiary/aromatic N) is 1. The summed E-state index contributed by atoms with van der Waals surface area (Å²) in [4.78, 5) is 13.7. The van der Waals surface area contributed by atoms with Gasteiger partial charge in [-0.2, -0.15) is 0 Å². The standard InChI is InChI=1S/C17H23NO3/c1-17(2)8-7-14(21-17)11-18-10-13-6-4-3-5-12(13)9-15(18)16(19)20/h3-6,14-15H,7-11H2,1-2H3,(H,19,20). The molecule has 2 unspecified atom stereocenters. The summed E-state index contributed by atoms with van der Waals surface area (Å²) in [5.41, 5.74) is 2.33. The zero-order valence-electron chi connectivity index (χ0n) is 12.7. The summed E-state index contributed by atoms with van der Waals surface area (Å²) in [6.07, 6.45) is 2.78. The lowest BCUT2D eigenvalue weighted by Gasteiger charge is -2.36. The number of carboxylic acid groups (broad SMARTS) is 1. The van der Waals surface area contributed by atoms with E-state index < -0.39 is 12.0 Å². The monoisotopic (exact) mass is 289 g/mol. The second kappa shape index (κ2) is 5.43. The summed E-state index contributed by atoms with van der Waals surface area (Å²) in [6, 6.07) is 7.70. The van der Waals surface area contributed by atoms with Gasteiger partial charge in [-0.25, -0.2) is 0 Å². The molecule has 2 atom stereocenters. The summed E-state index contributed by atoms with van der Waals surface area (Å²) >= 11 is 0. The third-order valence-corrected chi connectivity index (χ3v) is 4.62. The van der Waals surface area contributed by atoms with Crippen molar-refractivity contribution in [3.8, 4) is 0 Å². The van der Waals surface area contributed by atoms with Gasteiger partial charge in [-0.3, -0.25) is 9.69 Å². The predicted octanol–water partition coefficient (Wildman–Crippen LogP) is 2.46. The molecule has 3 rings (SSSR count). The lowest BCUT2D eigenvalue weighted by Crippen LogP contribution is -2.48. The highest BCUT2D eigenvalue weighted by Gasteiger charge is 2.37. The average molecular weight is 289 g/mol. The molecular formula is C17H23NO3. The molecule has 0 aliphatic carbocycles. The van der Waals surface area contributed by atoms with Gasteiger partial charge >= 0.3 is 5.97 Å². The fourth-order valence-corrected chi connectivity index (χ4v) is 3.48. The zero-order chi connectivity index (χ0) is 15.0. The van der Waals surface area contributed by atoms with Crippen molar-refractivity contribution in [1.29, 1.82) is 0 Å². The van der Waals surface area contributed by atoms with Crippen LogP contribution in [0.2, 0.25) is 0 Å². The quantitative estimate of drug-likeness (QED) is 0.928. The molecular weight excluding hydrogens is 266 g/mol. The lowest BCUT2D eigenvalue weighted by atomic mass is 9.93. The van der Waals surface area contributed by atoms with Crippen molar-refractivity contribution < 1.29 is 14.6 Å². The zero-order valence-corrected chi connectivity index (χ0v) is 12.7. The van der Waals surface area contributed by atoms with Crippen LogP contribution in [0.5, 0.6) is 0 Å². The normalized spacial score (nSPS) is 28.3. The molecule has 1 saturated heterocycles. The Kier molecular flexibility index (Phi) is 3.76. The van der Waals surface area contributed by atoms with E-state index in [0.29, 0.717) is 19.5 Å². The van der Waals surface area contributed by atoms with Gasteiger partial charge in [0.25, 0.3) is 0 Å². The Balaban J connectivity index is 1.75. The first-order valence-corrected chi connectivity index (χ1v) is 7.66. The summed E-state index contributed by atoms with van der Waals surface area (Å²) in [6.45, 7) is 5.61. The third-order valence-electron chi connectivity index (χ3n) is 4.62. The van der Waals surface area contributed by atoms with Crippen molar-refractivity contribution in [2.75, 3.05) is 6.54 Å². The van der Waals surface area contributed by atoms with E-state index in [1.807, 2.05) is 18.2 Å². The molecule has 0 saturated carbocycles. The number of hydrogen-bond donors (Lipinski definition) is 1. The first-order chi connectivity index (χ1) is 9.94. The maximum absolute atomic E-state index is 11.6. The SMILES string of the molecule is CC1(C)CCC(CN2Cc3ccccc3CC2C(=O)O)O1. The molecule has 1 fully saturated rings. The number of carbonyl (C=O) groups is 1. The molecule has 4 heteroatoms. The van der Waals surface area contributed by atoms with Gasteiger partial charge in [-0.15, -0.1) is 0 Å². The molecule has 1 aromatic carbocycles. The summed E-state index contributed by atoms with van der Waals surface area (Å²) in [5.74, 6) is -0.734. The first-order valence-electron chi connectivity index (χ1n) is 7.66. The number of ether oxygens (including phenoxy) is 1. The van der Waals surface area contributed by atoms with Crippen LogP contribution in [-0.2, 0) is 22.5 Å². The minimum Gasteiger partial charge on any atom is -0.480 e. The molecule has 21 heavy (non-hydrogen) atoms. The van der Waals surface area contributed by atoms with E-state index in [2.05, 4.69) is 24.8 Å². The van der Waals surface area contributed by atoms with E-state index in [9.17, 15) is 9.90 Å². The molecule has 0 bridgehead atoms. The van der Waals surface area contributed by atoms with Crippen LogP contribution in [0.25, 0.3) is 0 Å².